The summed E-state index contributed by atoms with van der Waals surface area (Å²) in [6, 6.07) is 0.0117. The maximum Gasteiger partial charge on any atom is 0.156 e. The molecule has 0 spiro atoms. The van der Waals surface area contributed by atoms with Crippen LogP contribution in [0.2, 0.25) is 0 Å². The fourth-order valence-electron chi connectivity index (χ4n) is 3.10. The van der Waals surface area contributed by atoms with Gasteiger partial charge in [-0.15, -0.1) is 24.8 Å². The van der Waals surface area contributed by atoms with E-state index in [9.17, 15) is 0 Å². The Bertz CT molecular complexity index is 711. The molecule has 10 heteroatoms. The van der Waals surface area contributed by atoms with Crippen LogP contribution in [0, 0.1) is 0 Å². The summed E-state index contributed by atoms with van der Waals surface area (Å²) in [5, 5.41) is 11.2. The molecule has 3 heterocycles. The summed E-state index contributed by atoms with van der Waals surface area (Å²) in [4.78, 5) is 13.9. The molecular weight excluding hydrogens is 389 g/mol. The molecule has 1 unspecified atom stereocenters. The van der Waals surface area contributed by atoms with Gasteiger partial charge >= 0.3 is 0 Å². The molecule has 27 heavy (non-hydrogen) atoms. The van der Waals surface area contributed by atoms with Crippen LogP contribution >= 0.6 is 24.8 Å². The maximum absolute atomic E-state index is 5.52. The van der Waals surface area contributed by atoms with Crippen molar-refractivity contribution >= 4 is 30.6 Å². The van der Waals surface area contributed by atoms with Crippen molar-refractivity contribution in [2.24, 2.45) is 0 Å². The van der Waals surface area contributed by atoms with Crippen molar-refractivity contribution in [1.29, 1.82) is 0 Å². The zero-order valence-electron chi connectivity index (χ0n) is 16.1. The second-order valence-electron chi connectivity index (χ2n) is 6.10. The van der Waals surface area contributed by atoms with Crippen LogP contribution in [-0.2, 0) is 30.7 Å². The van der Waals surface area contributed by atoms with Gasteiger partial charge in [0.1, 0.15) is 24.6 Å². The first-order chi connectivity index (χ1) is 12.2. The highest BCUT2D eigenvalue weighted by atomic mass is 35.5. The average Bonchev–Trinajstić information content (AvgIpc) is 2.97. The number of halogens is 2. The molecule has 1 aliphatic heterocycles. The van der Waals surface area contributed by atoms with E-state index in [0.29, 0.717) is 13.2 Å². The molecule has 0 saturated heterocycles. The van der Waals surface area contributed by atoms with E-state index >= 15 is 0 Å². The third-order valence-electron chi connectivity index (χ3n) is 4.35. The number of hydrogen-bond acceptors (Lipinski definition) is 7. The lowest BCUT2D eigenvalue weighted by molar-refractivity contribution is 0.128. The highest BCUT2D eigenvalue weighted by Crippen LogP contribution is 2.24. The Kier molecular flexibility index (Phi) is 9.93. The first-order valence-corrected chi connectivity index (χ1v) is 9.04. The topological polar surface area (TPSA) is 89.8 Å². The molecule has 3 rings (SSSR count). The van der Waals surface area contributed by atoms with Crippen molar-refractivity contribution in [3.63, 3.8) is 0 Å². The summed E-state index contributed by atoms with van der Waals surface area (Å²) in [6.07, 6.45) is 3.42. The molecule has 0 bridgehead atoms. The van der Waals surface area contributed by atoms with Crippen molar-refractivity contribution in [2.75, 3.05) is 25.0 Å². The van der Waals surface area contributed by atoms with Gasteiger partial charge in [-0.1, -0.05) is 0 Å². The second-order valence-corrected chi connectivity index (χ2v) is 6.10. The normalized spacial score (nSPS) is 14.3. The number of anilines is 1. The van der Waals surface area contributed by atoms with Crippen LogP contribution in [-0.4, -0.2) is 44.4 Å². The standard InChI is InChI=1S/C17H27N7O.2ClH/c1-4-24-17(19-11-20-24)12(3)21-16-13-6-8-18-9-7-14(13)22-15(23-16)10-25-5-2;;/h11-12,18H,4-10H2,1-3H3,(H,21,22,23);2*1H. The second kappa shape index (κ2) is 11.4. The lowest BCUT2D eigenvalue weighted by Gasteiger charge is -2.19. The van der Waals surface area contributed by atoms with Crippen molar-refractivity contribution in [3.05, 3.63) is 29.2 Å². The van der Waals surface area contributed by atoms with Crippen LogP contribution in [0.4, 0.5) is 5.82 Å². The molecule has 2 aromatic heterocycles. The molecule has 0 aromatic carbocycles. The number of ether oxygens (including phenoxy) is 1. The van der Waals surface area contributed by atoms with Gasteiger partial charge in [0.05, 0.1) is 11.7 Å². The average molecular weight is 418 g/mol. The third kappa shape index (κ3) is 5.75. The minimum absolute atomic E-state index is 0. The summed E-state index contributed by atoms with van der Waals surface area (Å²) in [5.41, 5.74) is 2.31. The predicted molar refractivity (Wildman–Crippen MR) is 110 cm³/mol. The van der Waals surface area contributed by atoms with Gasteiger partial charge in [-0.2, -0.15) is 5.10 Å². The molecule has 0 amide bonds. The summed E-state index contributed by atoms with van der Waals surface area (Å²) < 4.78 is 7.42. The SMILES string of the molecule is CCOCc1nc2c(c(NC(C)c3ncnn3CC)n1)CCNCC2.Cl.Cl. The van der Waals surface area contributed by atoms with Crippen LogP contribution in [0.1, 0.15) is 49.7 Å². The fourth-order valence-corrected chi connectivity index (χ4v) is 3.10. The van der Waals surface area contributed by atoms with Crippen molar-refractivity contribution < 1.29 is 4.74 Å². The number of rotatable bonds is 7. The van der Waals surface area contributed by atoms with Crippen LogP contribution in [0.25, 0.3) is 0 Å². The van der Waals surface area contributed by atoms with E-state index in [1.165, 1.54) is 5.56 Å². The number of nitrogens with zero attached hydrogens (tertiary/aromatic N) is 5. The van der Waals surface area contributed by atoms with E-state index in [-0.39, 0.29) is 30.9 Å². The Labute approximate surface area is 172 Å². The minimum atomic E-state index is 0. The Morgan fingerprint density at radius 3 is 2.74 bits per heavy atom. The minimum Gasteiger partial charge on any atom is -0.374 e. The van der Waals surface area contributed by atoms with Crippen LogP contribution in [0.5, 0.6) is 0 Å². The lowest BCUT2D eigenvalue weighted by Crippen LogP contribution is -2.18. The Morgan fingerprint density at radius 1 is 1.22 bits per heavy atom. The van der Waals surface area contributed by atoms with E-state index in [0.717, 1.165) is 55.6 Å². The van der Waals surface area contributed by atoms with E-state index in [4.69, 9.17) is 14.7 Å². The highest BCUT2D eigenvalue weighted by Gasteiger charge is 2.20. The van der Waals surface area contributed by atoms with E-state index in [2.05, 4.69) is 34.6 Å². The first-order valence-electron chi connectivity index (χ1n) is 9.04. The monoisotopic (exact) mass is 417 g/mol. The summed E-state index contributed by atoms with van der Waals surface area (Å²) in [6.45, 7) is 9.89. The quantitative estimate of drug-likeness (QED) is 0.713. The van der Waals surface area contributed by atoms with Gasteiger partial charge in [-0.25, -0.2) is 19.6 Å². The largest absolute Gasteiger partial charge is 0.374 e. The fraction of sp³-hybridized carbons (Fsp3) is 0.647. The molecule has 0 aliphatic carbocycles. The molecule has 1 aliphatic rings. The van der Waals surface area contributed by atoms with Crippen molar-refractivity contribution in [2.45, 2.75) is 52.8 Å². The third-order valence-corrected chi connectivity index (χ3v) is 4.35. The Hall–Kier alpha value is -1.48. The smallest absolute Gasteiger partial charge is 0.156 e. The molecular formula is C17H29Cl2N7O. The van der Waals surface area contributed by atoms with Crippen molar-refractivity contribution in [1.82, 2.24) is 30.0 Å². The number of nitrogens with one attached hydrogen (secondary N) is 2. The van der Waals surface area contributed by atoms with E-state index in [1.54, 1.807) is 6.33 Å². The summed E-state index contributed by atoms with van der Waals surface area (Å²) >= 11 is 0. The number of fused-ring (bicyclic) bond motifs is 1. The molecule has 2 N–H and O–H groups in total. The molecule has 0 fully saturated rings. The number of aromatic nitrogens is 5. The highest BCUT2D eigenvalue weighted by molar-refractivity contribution is 5.85. The van der Waals surface area contributed by atoms with Gasteiger partial charge in [0, 0.05) is 31.7 Å². The Balaban J connectivity index is 0.00000182. The first kappa shape index (κ1) is 23.6. The summed E-state index contributed by atoms with van der Waals surface area (Å²) in [7, 11) is 0. The molecule has 152 valence electrons. The van der Waals surface area contributed by atoms with Gasteiger partial charge < -0.3 is 15.4 Å². The zero-order chi connectivity index (χ0) is 17.6. The van der Waals surface area contributed by atoms with Crippen molar-refractivity contribution in [3.8, 4) is 0 Å². The van der Waals surface area contributed by atoms with Gasteiger partial charge in [0.2, 0.25) is 0 Å². The molecule has 1 atom stereocenters. The molecule has 0 saturated carbocycles. The predicted octanol–water partition coefficient (Wildman–Crippen LogP) is 2.33. The van der Waals surface area contributed by atoms with Gasteiger partial charge in [-0.05, 0) is 33.7 Å². The van der Waals surface area contributed by atoms with E-state index < -0.39 is 0 Å². The van der Waals surface area contributed by atoms with Gasteiger partial charge in [0.15, 0.2) is 5.82 Å². The van der Waals surface area contributed by atoms with Crippen LogP contribution < -0.4 is 10.6 Å². The lowest BCUT2D eigenvalue weighted by atomic mass is 10.1. The van der Waals surface area contributed by atoms with Gasteiger partial charge in [-0.3, -0.25) is 0 Å². The maximum atomic E-state index is 5.52. The molecule has 0 radical (unpaired) electrons. The zero-order valence-corrected chi connectivity index (χ0v) is 17.7. The summed E-state index contributed by atoms with van der Waals surface area (Å²) in [5.74, 6) is 2.53. The number of hydrogen-bond donors (Lipinski definition) is 2. The number of aryl methyl sites for hydroxylation is 1. The van der Waals surface area contributed by atoms with Gasteiger partial charge in [0.25, 0.3) is 0 Å². The Morgan fingerprint density at radius 2 is 2.00 bits per heavy atom. The molecule has 8 nitrogen and oxygen atoms in total. The van der Waals surface area contributed by atoms with Crippen LogP contribution in [0.3, 0.4) is 0 Å². The molecule has 2 aromatic rings. The van der Waals surface area contributed by atoms with E-state index in [1.807, 2.05) is 11.6 Å². The van der Waals surface area contributed by atoms with Crippen LogP contribution in [0.15, 0.2) is 6.33 Å².